The van der Waals surface area contributed by atoms with E-state index in [1.807, 2.05) is 0 Å². The molecule has 1 rings (SSSR count). The lowest BCUT2D eigenvalue weighted by Crippen LogP contribution is -2.19. The summed E-state index contributed by atoms with van der Waals surface area (Å²) >= 11 is 3.26. The molecule has 0 saturated carbocycles. The number of carbonyl (C=O) groups excluding carboxylic acids is 1. The summed E-state index contributed by atoms with van der Waals surface area (Å²) in [7, 11) is 1.79. The van der Waals surface area contributed by atoms with Crippen LogP contribution in [0.4, 0.5) is 0 Å². The Morgan fingerprint density at radius 1 is 1.71 bits per heavy atom. The Morgan fingerprint density at radius 2 is 2.41 bits per heavy atom. The molecule has 94 valence electrons. The van der Waals surface area contributed by atoms with Gasteiger partial charge in [0.05, 0.1) is 18.5 Å². The number of halogens is 1. The molecule has 1 aromatic heterocycles. The summed E-state index contributed by atoms with van der Waals surface area (Å²) in [6, 6.07) is 0. The largest absolute Gasteiger partial charge is 0.462 e. The van der Waals surface area contributed by atoms with Crippen LogP contribution in [0, 0.1) is 0 Å². The van der Waals surface area contributed by atoms with Gasteiger partial charge in [0.15, 0.2) is 0 Å². The molecule has 0 amide bonds. The van der Waals surface area contributed by atoms with Crippen LogP contribution in [0.1, 0.15) is 23.0 Å². The normalized spacial score (nSPS) is 10.3. The first-order chi connectivity index (χ1) is 8.06. The van der Waals surface area contributed by atoms with Crippen molar-refractivity contribution in [3.8, 4) is 0 Å². The summed E-state index contributed by atoms with van der Waals surface area (Å²) < 4.78 is 7.48. The fourth-order valence-electron chi connectivity index (χ4n) is 1.37. The number of nitrogens with one attached hydrogen (secondary N) is 1. The number of ether oxygens (including phenoxy) is 1. The second kappa shape index (κ2) is 6.56. The first-order valence-corrected chi connectivity index (χ1v) is 6.07. The topological polar surface area (TPSA) is 56.1 Å². The van der Waals surface area contributed by atoms with Crippen LogP contribution in [-0.4, -0.2) is 28.9 Å². The van der Waals surface area contributed by atoms with E-state index in [1.165, 1.54) is 6.20 Å². The molecule has 0 radical (unpaired) electrons. The zero-order valence-corrected chi connectivity index (χ0v) is 11.6. The highest BCUT2D eigenvalue weighted by molar-refractivity contribution is 9.11. The maximum atomic E-state index is 11.6. The highest BCUT2D eigenvalue weighted by Gasteiger charge is 2.16. The lowest BCUT2D eigenvalue weighted by molar-refractivity contribution is 0.0524. The maximum Gasteiger partial charge on any atom is 0.341 e. The van der Waals surface area contributed by atoms with Gasteiger partial charge in [-0.25, -0.2) is 4.79 Å². The van der Waals surface area contributed by atoms with Crippen LogP contribution >= 0.6 is 15.9 Å². The smallest absolute Gasteiger partial charge is 0.341 e. The molecule has 17 heavy (non-hydrogen) atoms. The molecule has 5 nitrogen and oxygen atoms in total. The summed E-state index contributed by atoms with van der Waals surface area (Å²) in [5.74, 6) is -0.338. The highest BCUT2D eigenvalue weighted by atomic mass is 79.9. The number of esters is 1. The molecular weight excluding hydrogens is 286 g/mol. The number of aryl methyl sites for hydroxylation is 1. The predicted octanol–water partition coefficient (Wildman–Crippen LogP) is 1.59. The molecular formula is C11H16BrN3O2. The number of carbonyl (C=O) groups is 1. The monoisotopic (exact) mass is 301 g/mol. The van der Waals surface area contributed by atoms with Crippen molar-refractivity contribution in [2.75, 3.05) is 13.2 Å². The molecule has 0 aliphatic rings. The Bertz CT molecular complexity index is 415. The second-order valence-electron chi connectivity index (χ2n) is 3.47. The highest BCUT2D eigenvalue weighted by Crippen LogP contribution is 2.09. The molecule has 1 N–H and O–H groups in total. The number of hydrogen-bond acceptors (Lipinski definition) is 4. The quantitative estimate of drug-likeness (QED) is 0.811. The molecule has 0 aliphatic carbocycles. The first-order valence-electron chi connectivity index (χ1n) is 5.28. The number of aromatic nitrogens is 2. The van der Waals surface area contributed by atoms with Crippen LogP contribution in [0.5, 0.6) is 0 Å². The standard InChI is InChI=1S/C11H16BrN3O2/c1-4-17-11(16)9-6-14-15(3)10(9)7-13-5-8(2)12/h6,13H,2,4-5,7H2,1,3H3. The summed E-state index contributed by atoms with van der Waals surface area (Å²) in [6.07, 6.45) is 1.53. The van der Waals surface area contributed by atoms with E-state index in [0.717, 1.165) is 10.2 Å². The summed E-state index contributed by atoms with van der Waals surface area (Å²) in [4.78, 5) is 11.6. The molecule has 0 aliphatic heterocycles. The van der Waals surface area contributed by atoms with Crippen LogP contribution in [0.15, 0.2) is 17.3 Å². The van der Waals surface area contributed by atoms with Gasteiger partial charge < -0.3 is 10.1 Å². The third kappa shape index (κ3) is 3.98. The van der Waals surface area contributed by atoms with Gasteiger partial charge in [-0.05, 0) is 6.92 Å². The Kier molecular flexibility index (Phi) is 5.37. The van der Waals surface area contributed by atoms with Crippen LogP contribution in [0.25, 0.3) is 0 Å². The molecule has 6 heteroatoms. The van der Waals surface area contributed by atoms with Crippen LogP contribution in [0.3, 0.4) is 0 Å². The van der Waals surface area contributed by atoms with E-state index in [4.69, 9.17) is 4.74 Å². The molecule has 0 aromatic carbocycles. The van der Waals surface area contributed by atoms with Crippen LogP contribution < -0.4 is 5.32 Å². The van der Waals surface area contributed by atoms with Gasteiger partial charge in [-0.3, -0.25) is 4.68 Å². The molecule has 1 aromatic rings. The molecule has 0 saturated heterocycles. The Balaban J connectivity index is 2.72. The molecule has 0 spiro atoms. The SMILES string of the molecule is C=C(Br)CNCc1c(C(=O)OCC)cnn1C. The lowest BCUT2D eigenvalue weighted by atomic mass is 10.2. The molecule has 0 fully saturated rings. The van der Waals surface area contributed by atoms with Gasteiger partial charge in [0.25, 0.3) is 0 Å². The molecule has 0 bridgehead atoms. The van der Waals surface area contributed by atoms with E-state index in [2.05, 4.69) is 32.9 Å². The van der Waals surface area contributed by atoms with Crippen molar-refractivity contribution in [2.24, 2.45) is 7.05 Å². The Morgan fingerprint density at radius 3 is 3.00 bits per heavy atom. The maximum absolute atomic E-state index is 11.6. The van der Waals surface area contributed by atoms with Gasteiger partial charge in [0, 0.05) is 24.6 Å². The van der Waals surface area contributed by atoms with E-state index in [-0.39, 0.29) is 5.97 Å². The fraction of sp³-hybridized carbons (Fsp3) is 0.455. The average molecular weight is 302 g/mol. The van der Waals surface area contributed by atoms with Crippen molar-refractivity contribution >= 4 is 21.9 Å². The van der Waals surface area contributed by atoms with E-state index >= 15 is 0 Å². The van der Waals surface area contributed by atoms with E-state index in [0.29, 0.717) is 25.3 Å². The van der Waals surface area contributed by atoms with Crippen LogP contribution in [-0.2, 0) is 18.3 Å². The van der Waals surface area contributed by atoms with Gasteiger partial charge in [0.1, 0.15) is 5.56 Å². The number of hydrogen-bond donors (Lipinski definition) is 1. The fourth-order valence-corrected chi connectivity index (χ4v) is 1.57. The Hall–Kier alpha value is -1.14. The second-order valence-corrected chi connectivity index (χ2v) is 4.59. The minimum absolute atomic E-state index is 0.338. The molecule has 0 unspecified atom stereocenters. The lowest BCUT2D eigenvalue weighted by Gasteiger charge is -2.07. The Labute approximate surface area is 109 Å². The van der Waals surface area contributed by atoms with Crippen molar-refractivity contribution in [1.29, 1.82) is 0 Å². The van der Waals surface area contributed by atoms with Gasteiger partial charge in [0.2, 0.25) is 0 Å². The third-order valence-corrected chi connectivity index (χ3v) is 2.45. The van der Waals surface area contributed by atoms with Gasteiger partial charge in [-0.1, -0.05) is 22.5 Å². The van der Waals surface area contributed by atoms with Crippen molar-refractivity contribution in [3.63, 3.8) is 0 Å². The first kappa shape index (κ1) is 13.9. The van der Waals surface area contributed by atoms with Crippen molar-refractivity contribution in [1.82, 2.24) is 15.1 Å². The van der Waals surface area contributed by atoms with Crippen molar-refractivity contribution in [3.05, 3.63) is 28.5 Å². The third-order valence-electron chi connectivity index (χ3n) is 2.17. The zero-order chi connectivity index (χ0) is 12.8. The zero-order valence-electron chi connectivity index (χ0n) is 9.99. The summed E-state index contributed by atoms with van der Waals surface area (Å²) in [5.41, 5.74) is 1.30. The predicted molar refractivity (Wildman–Crippen MR) is 68.9 cm³/mol. The van der Waals surface area contributed by atoms with E-state index < -0.39 is 0 Å². The number of nitrogens with zero attached hydrogens (tertiary/aromatic N) is 2. The van der Waals surface area contributed by atoms with Gasteiger partial charge in [-0.2, -0.15) is 5.10 Å². The van der Waals surface area contributed by atoms with Gasteiger partial charge >= 0.3 is 5.97 Å². The van der Waals surface area contributed by atoms with Gasteiger partial charge in [-0.15, -0.1) is 0 Å². The molecule has 0 atom stereocenters. The van der Waals surface area contributed by atoms with E-state index in [1.54, 1.807) is 18.7 Å². The average Bonchev–Trinajstić information content (AvgIpc) is 2.60. The summed E-state index contributed by atoms with van der Waals surface area (Å²) in [5, 5.41) is 7.21. The minimum atomic E-state index is -0.338. The number of rotatable bonds is 6. The van der Waals surface area contributed by atoms with Crippen molar-refractivity contribution in [2.45, 2.75) is 13.5 Å². The summed E-state index contributed by atoms with van der Waals surface area (Å²) in [6.45, 7) is 7.03. The minimum Gasteiger partial charge on any atom is -0.462 e. The van der Waals surface area contributed by atoms with E-state index in [9.17, 15) is 4.79 Å². The van der Waals surface area contributed by atoms with Crippen molar-refractivity contribution < 1.29 is 9.53 Å². The molecule has 1 heterocycles. The van der Waals surface area contributed by atoms with Crippen LogP contribution in [0.2, 0.25) is 0 Å².